The molecule has 1 aliphatic carbocycles. The Balaban J connectivity index is 2.08. The highest BCUT2D eigenvalue weighted by atomic mass is 79.9. The van der Waals surface area contributed by atoms with Crippen molar-refractivity contribution in [1.29, 1.82) is 0 Å². The number of aromatic nitrogens is 2. The topological polar surface area (TPSA) is 81.1 Å². The van der Waals surface area contributed by atoms with Gasteiger partial charge in [0.15, 0.2) is 0 Å². The van der Waals surface area contributed by atoms with E-state index in [2.05, 4.69) is 26.3 Å². The van der Waals surface area contributed by atoms with E-state index in [4.69, 9.17) is 0 Å². The molecule has 2 rings (SSSR count). The van der Waals surface area contributed by atoms with Crippen molar-refractivity contribution in [2.24, 2.45) is 12.5 Å². The van der Waals surface area contributed by atoms with Gasteiger partial charge in [0.25, 0.3) is 5.56 Å². The molecule has 1 N–H and O–H groups in total. The Kier molecular flexibility index (Phi) is 3.74. The molecule has 1 aliphatic rings. The maximum Gasteiger partial charge on any atom is 0.282 e. The van der Waals surface area contributed by atoms with Gasteiger partial charge >= 0.3 is 0 Å². The molecule has 106 valence electrons. The average molecular weight is 350 g/mol. The fourth-order valence-electron chi connectivity index (χ4n) is 2.02. The second-order valence-electron chi connectivity index (χ2n) is 5.22. The molecule has 19 heavy (non-hydrogen) atoms. The molecule has 1 saturated carbocycles. The third-order valence-corrected chi connectivity index (χ3v) is 5.16. The van der Waals surface area contributed by atoms with Crippen LogP contribution in [0.2, 0.25) is 0 Å². The first-order chi connectivity index (χ1) is 8.72. The molecule has 0 saturated heterocycles. The van der Waals surface area contributed by atoms with Crippen LogP contribution in [0.5, 0.6) is 0 Å². The highest BCUT2D eigenvalue weighted by Crippen LogP contribution is 2.46. The number of aryl methyl sites for hydroxylation is 1. The first-order valence-electron chi connectivity index (χ1n) is 5.86. The van der Waals surface area contributed by atoms with E-state index in [1.54, 1.807) is 13.2 Å². The molecule has 1 aromatic rings. The fraction of sp³-hybridized carbons (Fsp3) is 0.636. The third kappa shape index (κ3) is 3.56. The van der Waals surface area contributed by atoms with E-state index in [0.717, 1.165) is 12.8 Å². The quantitative estimate of drug-likeness (QED) is 0.849. The number of hydrogen-bond acceptors (Lipinski definition) is 5. The number of halogens is 1. The highest BCUT2D eigenvalue weighted by Gasteiger charge is 2.45. The van der Waals surface area contributed by atoms with Crippen LogP contribution in [0, 0.1) is 5.41 Å². The number of rotatable bonds is 5. The van der Waals surface area contributed by atoms with E-state index in [9.17, 15) is 13.2 Å². The van der Waals surface area contributed by atoms with Gasteiger partial charge in [-0.15, -0.1) is 0 Å². The van der Waals surface area contributed by atoms with Crippen molar-refractivity contribution in [2.75, 3.05) is 23.9 Å². The molecule has 0 radical (unpaired) electrons. The highest BCUT2D eigenvalue weighted by molar-refractivity contribution is 9.10. The van der Waals surface area contributed by atoms with Crippen LogP contribution in [0.4, 0.5) is 5.69 Å². The summed E-state index contributed by atoms with van der Waals surface area (Å²) in [5.74, 6) is 0.183. The lowest BCUT2D eigenvalue weighted by Crippen LogP contribution is -2.26. The lowest BCUT2D eigenvalue weighted by atomic mass is 10.1. The maximum absolute atomic E-state index is 11.7. The van der Waals surface area contributed by atoms with Crippen molar-refractivity contribution in [3.8, 4) is 0 Å². The van der Waals surface area contributed by atoms with E-state index in [-0.39, 0.29) is 16.7 Å². The lowest BCUT2D eigenvalue weighted by Gasteiger charge is -2.16. The second kappa shape index (κ2) is 4.90. The molecule has 0 aliphatic heterocycles. The molecular formula is C11H16BrN3O3S. The van der Waals surface area contributed by atoms with Crippen LogP contribution in [0.1, 0.15) is 12.8 Å². The second-order valence-corrected chi connectivity index (χ2v) is 8.16. The van der Waals surface area contributed by atoms with Gasteiger partial charge < -0.3 is 5.32 Å². The summed E-state index contributed by atoms with van der Waals surface area (Å²) in [6, 6.07) is 0. The number of anilines is 1. The first-order valence-corrected chi connectivity index (χ1v) is 8.71. The molecule has 8 heteroatoms. The number of hydrogen-bond donors (Lipinski definition) is 1. The van der Waals surface area contributed by atoms with E-state index in [1.165, 1.54) is 10.9 Å². The number of nitrogens with zero attached hydrogens (tertiary/aromatic N) is 2. The minimum atomic E-state index is -2.98. The standard InChI is InChI=1S/C11H16BrN3O3S/c1-15-10(16)9(12)8(5-14-15)13-6-11(3-4-11)7-19(2,17)18/h5,13H,3-4,6-7H2,1-2H3. The molecule has 6 nitrogen and oxygen atoms in total. The normalized spacial score (nSPS) is 17.2. The largest absolute Gasteiger partial charge is 0.382 e. The zero-order valence-corrected chi connectivity index (χ0v) is 13.2. The fourth-order valence-corrected chi connectivity index (χ4v) is 4.02. The van der Waals surface area contributed by atoms with E-state index >= 15 is 0 Å². The van der Waals surface area contributed by atoms with Gasteiger partial charge in [0.1, 0.15) is 14.3 Å². The predicted octanol–water partition coefficient (Wildman–Crippen LogP) is 0.780. The van der Waals surface area contributed by atoms with Crippen LogP contribution in [0.25, 0.3) is 0 Å². The molecule has 0 amide bonds. The Bertz CT molecular complexity index is 650. The Morgan fingerprint density at radius 3 is 2.68 bits per heavy atom. The molecule has 1 heterocycles. The van der Waals surface area contributed by atoms with Gasteiger partial charge in [0, 0.05) is 25.3 Å². The zero-order chi connectivity index (χ0) is 14.3. The molecule has 0 spiro atoms. The molecule has 1 aromatic heterocycles. The molecule has 1 fully saturated rings. The van der Waals surface area contributed by atoms with Gasteiger partial charge in [0.2, 0.25) is 0 Å². The predicted molar refractivity (Wildman–Crippen MR) is 77.0 cm³/mol. The van der Waals surface area contributed by atoms with Crippen molar-refractivity contribution in [2.45, 2.75) is 12.8 Å². The summed E-state index contributed by atoms with van der Waals surface area (Å²) in [7, 11) is -1.41. The van der Waals surface area contributed by atoms with Crippen molar-refractivity contribution in [3.05, 3.63) is 21.0 Å². The number of nitrogens with one attached hydrogen (secondary N) is 1. The maximum atomic E-state index is 11.7. The third-order valence-electron chi connectivity index (χ3n) is 3.26. The van der Waals surface area contributed by atoms with Crippen LogP contribution in [-0.4, -0.2) is 36.8 Å². The van der Waals surface area contributed by atoms with E-state index < -0.39 is 9.84 Å². The molecule has 0 atom stereocenters. The Hall–Kier alpha value is -0.890. The Labute approximate surface area is 120 Å². The van der Waals surface area contributed by atoms with Crippen LogP contribution in [0.15, 0.2) is 15.5 Å². The van der Waals surface area contributed by atoms with Gasteiger partial charge in [-0.1, -0.05) is 0 Å². The SMILES string of the molecule is Cn1ncc(NCC2(CS(C)(=O)=O)CC2)c(Br)c1=O. The molecule has 0 unspecified atom stereocenters. The molecular weight excluding hydrogens is 334 g/mol. The van der Waals surface area contributed by atoms with Crippen molar-refractivity contribution in [3.63, 3.8) is 0 Å². The summed E-state index contributed by atoms with van der Waals surface area (Å²) in [6.45, 7) is 0.535. The van der Waals surface area contributed by atoms with Crippen molar-refractivity contribution < 1.29 is 8.42 Å². The molecule has 0 aromatic carbocycles. The zero-order valence-electron chi connectivity index (χ0n) is 10.8. The summed E-state index contributed by atoms with van der Waals surface area (Å²) < 4.78 is 24.4. The van der Waals surface area contributed by atoms with Gasteiger partial charge in [0.05, 0.1) is 17.6 Å². The summed E-state index contributed by atoms with van der Waals surface area (Å²) in [5, 5.41) is 7.05. The average Bonchev–Trinajstić information content (AvgIpc) is 3.03. The Morgan fingerprint density at radius 1 is 1.53 bits per heavy atom. The number of sulfone groups is 1. The van der Waals surface area contributed by atoms with E-state index in [1.807, 2.05) is 0 Å². The van der Waals surface area contributed by atoms with Crippen molar-refractivity contribution >= 4 is 31.5 Å². The Morgan fingerprint density at radius 2 is 2.16 bits per heavy atom. The van der Waals surface area contributed by atoms with Crippen LogP contribution >= 0.6 is 15.9 Å². The van der Waals surface area contributed by atoms with Gasteiger partial charge in [-0.3, -0.25) is 4.79 Å². The summed E-state index contributed by atoms with van der Waals surface area (Å²) in [4.78, 5) is 11.7. The smallest absolute Gasteiger partial charge is 0.282 e. The molecule has 0 bridgehead atoms. The van der Waals surface area contributed by atoms with Gasteiger partial charge in [-0.25, -0.2) is 13.1 Å². The van der Waals surface area contributed by atoms with Crippen LogP contribution in [-0.2, 0) is 16.9 Å². The van der Waals surface area contributed by atoms with Gasteiger partial charge in [-0.05, 0) is 28.8 Å². The minimum Gasteiger partial charge on any atom is -0.382 e. The summed E-state index contributed by atoms with van der Waals surface area (Å²) in [6.07, 6.45) is 4.59. The lowest BCUT2D eigenvalue weighted by molar-refractivity contribution is 0.560. The van der Waals surface area contributed by atoms with Crippen molar-refractivity contribution in [1.82, 2.24) is 9.78 Å². The van der Waals surface area contributed by atoms with Crippen LogP contribution in [0.3, 0.4) is 0 Å². The summed E-state index contributed by atoms with van der Waals surface area (Å²) in [5.41, 5.74) is 0.189. The van der Waals surface area contributed by atoms with Gasteiger partial charge in [-0.2, -0.15) is 5.10 Å². The monoisotopic (exact) mass is 349 g/mol. The van der Waals surface area contributed by atoms with Crippen LogP contribution < -0.4 is 10.9 Å². The first kappa shape index (κ1) is 14.5. The minimum absolute atomic E-state index is 0.183. The summed E-state index contributed by atoms with van der Waals surface area (Å²) >= 11 is 3.23. The van der Waals surface area contributed by atoms with E-state index in [0.29, 0.717) is 16.7 Å².